The van der Waals surface area contributed by atoms with Crippen LogP contribution in [0.3, 0.4) is 0 Å². The van der Waals surface area contributed by atoms with Crippen LogP contribution in [0, 0.1) is 23.7 Å². The second-order valence-electron chi connectivity index (χ2n) is 11.7. The lowest BCUT2D eigenvalue weighted by molar-refractivity contribution is -0.0175. The number of hydrogen-bond donors (Lipinski definition) is 1. The Labute approximate surface area is 243 Å². The van der Waals surface area contributed by atoms with Crippen molar-refractivity contribution in [3.8, 4) is 5.75 Å². The van der Waals surface area contributed by atoms with Crippen LogP contribution in [-0.2, 0) is 23.7 Å². The molecule has 0 amide bonds. The summed E-state index contributed by atoms with van der Waals surface area (Å²) in [6.45, 7) is 5.57. The number of fused-ring (bicyclic) bond motifs is 6. The van der Waals surface area contributed by atoms with E-state index in [4.69, 9.17) is 33.4 Å². The van der Waals surface area contributed by atoms with Gasteiger partial charge in [0.05, 0.1) is 31.7 Å². The highest BCUT2D eigenvalue weighted by Crippen LogP contribution is 2.49. The molecule has 8 rings (SSSR count). The molecule has 0 bridgehead atoms. The van der Waals surface area contributed by atoms with Crippen LogP contribution in [-0.4, -0.2) is 90.0 Å². The van der Waals surface area contributed by atoms with Gasteiger partial charge in [0, 0.05) is 31.1 Å². The first-order chi connectivity index (χ1) is 20.6. The molecule has 228 valence electrons. The normalized spacial score (nSPS) is 33.6. The van der Waals surface area contributed by atoms with Gasteiger partial charge in [0.25, 0.3) is 0 Å². The fourth-order valence-corrected chi connectivity index (χ4v) is 6.76. The van der Waals surface area contributed by atoms with Gasteiger partial charge in [-0.2, -0.15) is 10.2 Å². The molecule has 2 aliphatic carbocycles. The number of rotatable bonds is 6. The first-order valence-corrected chi connectivity index (χ1v) is 15.2. The second-order valence-corrected chi connectivity index (χ2v) is 11.7. The molecule has 6 heterocycles. The van der Waals surface area contributed by atoms with E-state index in [2.05, 4.69) is 15.5 Å². The molecule has 4 fully saturated rings. The van der Waals surface area contributed by atoms with E-state index in [9.17, 15) is 9.59 Å². The van der Waals surface area contributed by atoms with Crippen molar-refractivity contribution in [1.82, 2.24) is 14.8 Å². The van der Waals surface area contributed by atoms with Crippen LogP contribution in [0.1, 0.15) is 58.6 Å². The van der Waals surface area contributed by atoms with Gasteiger partial charge in [-0.1, -0.05) is 0 Å². The Morgan fingerprint density at radius 1 is 0.952 bits per heavy atom. The van der Waals surface area contributed by atoms with E-state index in [1.807, 2.05) is 0 Å². The van der Waals surface area contributed by atoms with E-state index >= 15 is 0 Å². The fourth-order valence-electron chi connectivity index (χ4n) is 6.76. The molecule has 1 aromatic heterocycles. The van der Waals surface area contributed by atoms with Crippen LogP contribution in [0.2, 0.25) is 0 Å². The fraction of sp³-hybridized carbons (Fsp3) is 0.750. The van der Waals surface area contributed by atoms with E-state index in [0.717, 1.165) is 31.9 Å². The zero-order chi connectivity index (χ0) is 28.8. The SMILES string of the molecule is CCOC(=O)OC1C=NN2C1=NC(C1CC1)C1CCOC12.CCOC(=O)Oc1cnn2c1NC(C1CC1)C1CCOC12. The van der Waals surface area contributed by atoms with Gasteiger partial charge in [-0.05, 0) is 64.2 Å². The monoisotopic (exact) mass is 586 g/mol. The zero-order valence-electron chi connectivity index (χ0n) is 23.9. The average Bonchev–Trinajstić information content (AvgIpc) is 3.79. The van der Waals surface area contributed by atoms with E-state index in [1.54, 1.807) is 35.9 Å². The van der Waals surface area contributed by atoms with Gasteiger partial charge in [-0.15, -0.1) is 0 Å². The maximum Gasteiger partial charge on any atom is 0.514 e. The van der Waals surface area contributed by atoms with Crippen LogP contribution in [0.15, 0.2) is 16.3 Å². The molecule has 5 aliphatic heterocycles. The van der Waals surface area contributed by atoms with Crippen LogP contribution in [0.4, 0.5) is 15.4 Å². The standard InChI is InChI=1S/2C14H19N3O4/c2*1-2-19-14(18)21-10-7-15-17-12(10)16-11(8-3-4-8)9-5-6-20-13(9)17/h7-9,11,13,16H,2-6H2,1H3;7-11,13H,2-6H2,1H3. The third kappa shape index (κ3) is 5.19. The number of anilines is 1. The van der Waals surface area contributed by atoms with Gasteiger partial charge in [0.2, 0.25) is 6.10 Å². The molecule has 14 nitrogen and oxygen atoms in total. The lowest BCUT2D eigenvalue weighted by Gasteiger charge is -2.36. The Balaban J connectivity index is 0.000000137. The van der Waals surface area contributed by atoms with Crippen molar-refractivity contribution >= 4 is 30.2 Å². The Kier molecular flexibility index (Phi) is 7.42. The maximum atomic E-state index is 11.5. The van der Waals surface area contributed by atoms with Crippen LogP contribution < -0.4 is 10.1 Å². The van der Waals surface area contributed by atoms with Crippen molar-refractivity contribution in [2.24, 2.45) is 33.8 Å². The van der Waals surface area contributed by atoms with Gasteiger partial charge in [0.1, 0.15) is 0 Å². The number of hydrazone groups is 1. The summed E-state index contributed by atoms with van der Waals surface area (Å²) in [4.78, 5) is 27.9. The predicted octanol–water partition coefficient (Wildman–Crippen LogP) is 3.54. The molecular weight excluding hydrogens is 548 g/mol. The summed E-state index contributed by atoms with van der Waals surface area (Å²) in [6.07, 6.45) is 8.14. The predicted molar refractivity (Wildman–Crippen MR) is 147 cm³/mol. The highest BCUT2D eigenvalue weighted by atomic mass is 16.7. The van der Waals surface area contributed by atoms with Gasteiger partial charge >= 0.3 is 12.3 Å². The maximum absolute atomic E-state index is 11.5. The summed E-state index contributed by atoms with van der Waals surface area (Å²) in [5.41, 5.74) is 0. The number of aromatic nitrogens is 2. The zero-order valence-corrected chi connectivity index (χ0v) is 23.9. The number of carbonyl (C=O) groups excluding carboxylic acids is 2. The number of nitrogens with zero attached hydrogens (tertiary/aromatic N) is 5. The number of hydrogen-bond acceptors (Lipinski definition) is 13. The number of ether oxygens (including phenoxy) is 6. The molecule has 7 aliphatic rings. The Hall–Kier alpha value is -3.39. The van der Waals surface area contributed by atoms with Crippen LogP contribution >= 0.6 is 0 Å². The van der Waals surface area contributed by atoms with Gasteiger partial charge in [-0.3, -0.25) is 4.99 Å². The summed E-state index contributed by atoms with van der Waals surface area (Å²) < 4.78 is 33.6. The van der Waals surface area contributed by atoms with Crippen molar-refractivity contribution in [2.45, 2.75) is 83.0 Å². The van der Waals surface area contributed by atoms with Crippen molar-refractivity contribution in [3.05, 3.63) is 6.20 Å². The largest absolute Gasteiger partial charge is 0.514 e. The summed E-state index contributed by atoms with van der Waals surface area (Å²) >= 11 is 0. The van der Waals surface area contributed by atoms with Crippen LogP contribution in [0.25, 0.3) is 0 Å². The molecular formula is C28H38N6O8. The molecule has 1 N–H and O–H groups in total. The molecule has 2 saturated heterocycles. The van der Waals surface area contributed by atoms with E-state index < -0.39 is 18.4 Å². The summed E-state index contributed by atoms with van der Waals surface area (Å²) in [5.74, 6) is 4.01. The molecule has 7 unspecified atom stereocenters. The number of aliphatic imine (C=N–C) groups is 1. The lowest BCUT2D eigenvalue weighted by Crippen LogP contribution is -2.50. The number of amidine groups is 1. The van der Waals surface area contributed by atoms with Gasteiger partial charge < -0.3 is 33.7 Å². The summed E-state index contributed by atoms with van der Waals surface area (Å²) in [5, 5.41) is 13.9. The second kappa shape index (κ2) is 11.4. The summed E-state index contributed by atoms with van der Waals surface area (Å²) in [6, 6.07) is 0.657. The van der Waals surface area contributed by atoms with Crippen molar-refractivity contribution in [3.63, 3.8) is 0 Å². The minimum Gasteiger partial charge on any atom is -0.435 e. The third-order valence-electron chi connectivity index (χ3n) is 8.93. The molecule has 7 atom stereocenters. The molecule has 0 spiro atoms. The Bertz CT molecular complexity index is 1240. The van der Waals surface area contributed by atoms with E-state index in [-0.39, 0.29) is 31.7 Å². The van der Waals surface area contributed by atoms with Gasteiger partial charge in [-0.25, -0.2) is 19.3 Å². The van der Waals surface area contributed by atoms with Gasteiger partial charge in [0.15, 0.2) is 29.9 Å². The first kappa shape index (κ1) is 27.4. The number of nitrogens with one attached hydrogen (secondary N) is 1. The molecule has 14 heteroatoms. The number of carbonyl (C=O) groups is 2. The Morgan fingerprint density at radius 2 is 1.67 bits per heavy atom. The quantitative estimate of drug-likeness (QED) is 0.488. The highest BCUT2D eigenvalue weighted by molar-refractivity contribution is 6.05. The Morgan fingerprint density at radius 3 is 2.40 bits per heavy atom. The van der Waals surface area contributed by atoms with Crippen molar-refractivity contribution in [2.75, 3.05) is 31.7 Å². The smallest absolute Gasteiger partial charge is 0.435 e. The first-order valence-electron chi connectivity index (χ1n) is 15.2. The minimum atomic E-state index is -0.701. The molecule has 1 aromatic rings. The minimum absolute atomic E-state index is 0.0496. The van der Waals surface area contributed by atoms with Crippen molar-refractivity contribution in [1.29, 1.82) is 0 Å². The topological polar surface area (TPSA) is 147 Å². The molecule has 42 heavy (non-hydrogen) atoms. The summed E-state index contributed by atoms with van der Waals surface area (Å²) in [7, 11) is 0. The molecule has 0 aromatic carbocycles. The lowest BCUT2D eigenvalue weighted by atomic mass is 9.91. The van der Waals surface area contributed by atoms with E-state index in [1.165, 1.54) is 25.7 Å². The van der Waals surface area contributed by atoms with Crippen LogP contribution in [0.5, 0.6) is 5.75 Å². The molecule has 2 saturated carbocycles. The highest BCUT2D eigenvalue weighted by Gasteiger charge is 2.52. The third-order valence-corrected chi connectivity index (χ3v) is 8.93. The van der Waals surface area contributed by atoms with Crippen molar-refractivity contribution < 1.29 is 38.0 Å². The van der Waals surface area contributed by atoms with E-state index in [0.29, 0.717) is 41.3 Å². The molecule has 0 radical (unpaired) electrons. The average molecular weight is 587 g/mol.